The number of halogens is 1. The zero-order valence-electron chi connectivity index (χ0n) is 15.1. The Morgan fingerprint density at radius 3 is 2.68 bits per heavy atom. The Bertz CT molecular complexity index is 1180. The van der Waals surface area contributed by atoms with Crippen LogP contribution in [0.25, 0.3) is 22.2 Å². The molecule has 0 amide bonds. The first-order chi connectivity index (χ1) is 13.5. The van der Waals surface area contributed by atoms with Gasteiger partial charge in [0.05, 0.1) is 19.3 Å². The monoisotopic (exact) mass is 392 g/mol. The molecule has 0 saturated carbocycles. The van der Waals surface area contributed by atoms with Crippen LogP contribution in [-0.4, -0.2) is 27.7 Å². The van der Waals surface area contributed by atoms with Crippen LogP contribution >= 0.6 is 11.6 Å². The molecule has 0 aliphatic heterocycles. The fourth-order valence-electron chi connectivity index (χ4n) is 3.28. The molecule has 0 bridgehead atoms. The van der Waals surface area contributed by atoms with Crippen LogP contribution in [0.2, 0.25) is 5.02 Å². The standard InChI is InChI=1S/C22H17ClN2O3/c1-28-18-8-9-20-15(11-18)12-21(14-4-2-5-16(23)10-14)25(20)13-17-6-3-7-19(24-17)22(26)27/h2-12H,13H2,1H3,(H,26,27). The number of carboxylic acids is 1. The van der Waals surface area contributed by atoms with E-state index in [0.29, 0.717) is 17.3 Å². The molecule has 0 unspecified atom stereocenters. The Balaban J connectivity index is 1.88. The highest BCUT2D eigenvalue weighted by Gasteiger charge is 2.14. The highest BCUT2D eigenvalue weighted by molar-refractivity contribution is 6.30. The first kappa shape index (κ1) is 18.1. The lowest BCUT2D eigenvalue weighted by Crippen LogP contribution is -2.07. The van der Waals surface area contributed by atoms with Gasteiger partial charge in [0.15, 0.2) is 0 Å². The number of rotatable bonds is 5. The average molecular weight is 393 g/mol. The van der Waals surface area contributed by atoms with Crippen molar-refractivity contribution in [2.45, 2.75) is 6.54 Å². The van der Waals surface area contributed by atoms with Crippen LogP contribution < -0.4 is 4.74 Å². The van der Waals surface area contributed by atoms with Crippen molar-refractivity contribution in [1.82, 2.24) is 9.55 Å². The molecule has 0 aliphatic carbocycles. The number of aromatic nitrogens is 2. The Hall–Kier alpha value is -3.31. The van der Waals surface area contributed by atoms with Gasteiger partial charge in [0.2, 0.25) is 0 Å². The third-order valence-corrected chi connectivity index (χ3v) is 4.81. The molecule has 6 heteroatoms. The number of ether oxygens (including phenoxy) is 1. The zero-order chi connectivity index (χ0) is 19.7. The van der Waals surface area contributed by atoms with Gasteiger partial charge in [0.1, 0.15) is 11.4 Å². The molecule has 4 rings (SSSR count). The van der Waals surface area contributed by atoms with Gasteiger partial charge < -0.3 is 14.4 Å². The molecule has 0 fully saturated rings. The summed E-state index contributed by atoms with van der Waals surface area (Å²) < 4.78 is 7.45. The van der Waals surface area contributed by atoms with Crippen molar-refractivity contribution in [3.05, 3.63) is 83.1 Å². The molecule has 2 heterocycles. The molecule has 2 aromatic carbocycles. The fraction of sp³-hybridized carbons (Fsp3) is 0.0909. The van der Waals surface area contributed by atoms with Crippen molar-refractivity contribution in [3.8, 4) is 17.0 Å². The number of carboxylic acid groups (broad SMARTS) is 1. The van der Waals surface area contributed by atoms with Crippen LogP contribution in [0.1, 0.15) is 16.2 Å². The minimum atomic E-state index is -1.04. The predicted octanol–water partition coefficient (Wildman–Crippen LogP) is 5.11. The van der Waals surface area contributed by atoms with E-state index in [4.69, 9.17) is 16.3 Å². The lowest BCUT2D eigenvalue weighted by molar-refractivity contribution is 0.0690. The second-order valence-electron chi connectivity index (χ2n) is 6.37. The number of benzene rings is 2. The smallest absolute Gasteiger partial charge is 0.354 e. The number of nitrogens with zero attached hydrogens (tertiary/aromatic N) is 2. The number of fused-ring (bicyclic) bond motifs is 1. The minimum Gasteiger partial charge on any atom is -0.497 e. The van der Waals surface area contributed by atoms with Crippen molar-refractivity contribution < 1.29 is 14.6 Å². The van der Waals surface area contributed by atoms with Crippen molar-refractivity contribution in [2.75, 3.05) is 7.11 Å². The highest BCUT2D eigenvalue weighted by atomic mass is 35.5. The van der Waals surface area contributed by atoms with Crippen LogP contribution in [0, 0.1) is 0 Å². The van der Waals surface area contributed by atoms with Gasteiger partial charge in [0, 0.05) is 21.6 Å². The molecule has 2 aromatic heterocycles. The first-order valence-electron chi connectivity index (χ1n) is 8.67. The van der Waals surface area contributed by atoms with E-state index in [-0.39, 0.29) is 5.69 Å². The number of hydrogen-bond donors (Lipinski definition) is 1. The van der Waals surface area contributed by atoms with E-state index in [1.807, 2.05) is 48.5 Å². The normalized spacial score (nSPS) is 10.9. The molecule has 0 radical (unpaired) electrons. The maximum Gasteiger partial charge on any atom is 0.354 e. The molecule has 1 N–H and O–H groups in total. The SMILES string of the molecule is COc1ccc2c(c1)cc(-c1cccc(Cl)c1)n2Cc1cccc(C(=O)O)n1. The Morgan fingerprint density at radius 2 is 1.93 bits per heavy atom. The summed E-state index contributed by atoms with van der Waals surface area (Å²) in [4.78, 5) is 15.5. The molecule has 0 saturated heterocycles. The average Bonchev–Trinajstić information content (AvgIpc) is 3.05. The summed E-state index contributed by atoms with van der Waals surface area (Å²) >= 11 is 6.20. The summed E-state index contributed by atoms with van der Waals surface area (Å²) in [7, 11) is 1.64. The van der Waals surface area contributed by atoms with E-state index in [0.717, 1.165) is 27.9 Å². The van der Waals surface area contributed by atoms with E-state index in [2.05, 4.69) is 15.6 Å². The summed E-state index contributed by atoms with van der Waals surface area (Å²) in [6.07, 6.45) is 0. The van der Waals surface area contributed by atoms with E-state index < -0.39 is 5.97 Å². The van der Waals surface area contributed by atoms with Gasteiger partial charge >= 0.3 is 5.97 Å². The third-order valence-electron chi connectivity index (χ3n) is 4.57. The Labute approximate surface area is 166 Å². The first-order valence-corrected chi connectivity index (χ1v) is 9.05. The molecular weight excluding hydrogens is 376 g/mol. The summed E-state index contributed by atoms with van der Waals surface area (Å²) in [5, 5.41) is 10.9. The highest BCUT2D eigenvalue weighted by Crippen LogP contribution is 2.32. The number of aromatic carboxylic acids is 1. The van der Waals surface area contributed by atoms with Crippen LogP contribution in [0.3, 0.4) is 0 Å². The minimum absolute atomic E-state index is 0.0277. The van der Waals surface area contributed by atoms with Gasteiger partial charge in [-0.25, -0.2) is 9.78 Å². The molecule has 140 valence electrons. The van der Waals surface area contributed by atoms with Gasteiger partial charge in [-0.3, -0.25) is 0 Å². The molecule has 0 atom stereocenters. The largest absolute Gasteiger partial charge is 0.497 e. The second-order valence-corrected chi connectivity index (χ2v) is 6.81. The van der Waals surface area contributed by atoms with Crippen molar-refractivity contribution in [2.24, 2.45) is 0 Å². The molecule has 0 spiro atoms. The van der Waals surface area contributed by atoms with Gasteiger partial charge in [-0.05, 0) is 54.1 Å². The van der Waals surface area contributed by atoms with Crippen molar-refractivity contribution in [1.29, 1.82) is 0 Å². The second kappa shape index (κ2) is 7.37. The van der Waals surface area contributed by atoms with Crippen LogP contribution in [0.4, 0.5) is 0 Å². The molecule has 0 aliphatic rings. The predicted molar refractivity (Wildman–Crippen MR) is 109 cm³/mol. The van der Waals surface area contributed by atoms with E-state index in [1.165, 1.54) is 6.07 Å². The van der Waals surface area contributed by atoms with Crippen molar-refractivity contribution >= 4 is 28.5 Å². The van der Waals surface area contributed by atoms with Gasteiger partial charge in [-0.2, -0.15) is 0 Å². The van der Waals surface area contributed by atoms with E-state index in [9.17, 15) is 9.90 Å². The van der Waals surface area contributed by atoms with Gasteiger partial charge in [0.25, 0.3) is 0 Å². The summed E-state index contributed by atoms with van der Waals surface area (Å²) in [6.45, 7) is 0.429. The number of hydrogen-bond acceptors (Lipinski definition) is 3. The summed E-state index contributed by atoms with van der Waals surface area (Å²) in [5.74, 6) is -0.271. The van der Waals surface area contributed by atoms with Crippen molar-refractivity contribution in [3.63, 3.8) is 0 Å². The Kier molecular flexibility index (Phi) is 4.75. The molecule has 28 heavy (non-hydrogen) atoms. The molecular formula is C22H17ClN2O3. The quantitative estimate of drug-likeness (QED) is 0.512. The van der Waals surface area contributed by atoms with E-state index >= 15 is 0 Å². The van der Waals surface area contributed by atoms with Crippen LogP contribution in [-0.2, 0) is 6.54 Å². The van der Waals surface area contributed by atoms with Crippen LogP contribution in [0.5, 0.6) is 5.75 Å². The maximum absolute atomic E-state index is 11.3. The summed E-state index contributed by atoms with van der Waals surface area (Å²) in [6, 6.07) is 20.6. The number of pyridine rings is 1. The van der Waals surface area contributed by atoms with Crippen LogP contribution in [0.15, 0.2) is 66.7 Å². The maximum atomic E-state index is 11.3. The topological polar surface area (TPSA) is 64.3 Å². The lowest BCUT2D eigenvalue weighted by atomic mass is 10.1. The molecule has 5 nitrogen and oxygen atoms in total. The molecule has 4 aromatic rings. The van der Waals surface area contributed by atoms with Gasteiger partial charge in [-0.15, -0.1) is 0 Å². The third kappa shape index (κ3) is 3.44. The van der Waals surface area contributed by atoms with E-state index in [1.54, 1.807) is 13.2 Å². The number of carbonyl (C=O) groups is 1. The summed E-state index contributed by atoms with van der Waals surface area (Å²) in [5.41, 5.74) is 3.63. The Morgan fingerprint density at radius 1 is 1.11 bits per heavy atom. The number of methoxy groups -OCH3 is 1. The zero-order valence-corrected chi connectivity index (χ0v) is 15.8. The fourth-order valence-corrected chi connectivity index (χ4v) is 3.47. The lowest BCUT2D eigenvalue weighted by Gasteiger charge is -2.12. The van der Waals surface area contributed by atoms with Gasteiger partial charge in [-0.1, -0.05) is 29.8 Å².